The van der Waals surface area contributed by atoms with Crippen LogP contribution in [0.3, 0.4) is 0 Å². The number of pyridine rings is 2. The molecule has 1 aliphatic heterocycles. The van der Waals surface area contributed by atoms with Gasteiger partial charge in [-0.15, -0.1) is 0 Å². The first-order chi connectivity index (χ1) is 18.5. The Bertz CT molecular complexity index is 1440. The molecule has 0 bridgehead atoms. The van der Waals surface area contributed by atoms with Gasteiger partial charge in [0, 0.05) is 24.2 Å². The number of nitrogens with one attached hydrogen (secondary N) is 2. The minimum absolute atomic E-state index is 0.183. The Balaban J connectivity index is 1.54. The third-order valence-corrected chi connectivity index (χ3v) is 6.71. The molecule has 1 aliphatic rings. The number of anilines is 2. The highest BCUT2D eigenvalue weighted by Crippen LogP contribution is 2.34. The van der Waals surface area contributed by atoms with E-state index >= 15 is 0 Å². The van der Waals surface area contributed by atoms with Crippen molar-refractivity contribution in [1.29, 1.82) is 0 Å². The van der Waals surface area contributed by atoms with Crippen LogP contribution in [0.15, 0.2) is 60.8 Å². The van der Waals surface area contributed by atoms with Crippen molar-refractivity contribution in [2.75, 3.05) is 31.0 Å². The first-order valence-corrected chi connectivity index (χ1v) is 12.7. The molecule has 5 rings (SSSR count). The average molecular weight is 514 g/mol. The van der Waals surface area contributed by atoms with Gasteiger partial charge in [-0.1, -0.05) is 36.4 Å². The maximum absolute atomic E-state index is 13.1. The van der Waals surface area contributed by atoms with Crippen LogP contribution in [0.25, 0.3) is 11.0 Å². The van der Waals surface area contributed by atoms with Crippen LogP contribution in [0.2, 0.25) is 0 Å². The van der Waals surface area contributed by atoms with Gasteiger partial charge in [0.2, 0.25) is 5.91 Å². The summed E-state index contributed by atoms with van der Waals surface area (Å²) >= 11 is 0. The summed E-state index contributed by atoms with van der Waals surface area (Å²) in [5.74, 6) is -0.991. The zero-order valence-electron chi connectivity index (χ0n) is 21.6. The van der Waals surface area contributed by atoms with Crippen LogP contribution < -0.4 is 10.6 Å². The van der Waals surface area contributed by atoms with Crippen molar-refractivity contribution in [2.45, 2.75) is 32.9 Å². The molecule has 2 N–H and O–H groups in total. The second-order valence-corrected chi connectivity index (χ2v) is 9.37. The van der Waals surface area contributed by atoms with Gasteiger partial charge in [0.05, 0.1) is 49.4 Å². The van der Waals surface area contributed by atoms with Gasteiger partial charge in [-0.05, 0) is 43.5 Å². The Morgan fingerprint density at radius 1 is 1.16 bits per heavy atom. The standard InChI is InChI=1S/C29H31N5O4/c1-19-7-6-10-22(32-19)16-30-23-15-24-25(33-28(35)21-12-14-38-18-21)26(29(36)37-2)34(27(24)31-17-23)13-11-20-8-4-3-5-9-20/h3-10,15,17,21,30H,11-14,16,18H2,1-2H3,(H,33,35). The van der Waals surface area contributed by atoms with E-state index in [-0.39, 0.29) is 17.5 Å². The Labute approximate surface area is 221 Å². The van der Waals surface area contributed by atoms with Crippen LogP contribution >= 0.6 is 0 Å². The predicted molar refractivity (Wildman–Crippen MR) is 145 cm³/mol. The summed E-state index contributed by atoms with van der Waals surface area (Å²) in [4.78, 5) is 35.5. The summed E-state index contributed by atoms with van der Waals surface area (Å²) in [6.45, 7) is 3.85. The first kappa shape index (κ1) is 25.4. The van der Waals surface area contributed by atoms with Crippen molar-refractivity contribution < 1.29 is 19.1 Å². The quantitative estimate of drug-likeness (QED) is 0.320. The van der Waals surface area contributed by atoms with Crippen molar-refractivity contribution in [3.05, 3.63) is 83.4 Å². The topological polar surface area (TPSA) is 107 Å². The van der Waals surface area contributed by atoms with E-state index in [4.69, 9.17) is 14.5 Å². The van der Waals surface area contributed by atoms with Gasteiger partial charge in [0.15, 0.2) is 5.69 Å². The number of benzene rings is 1. The molecule has 9 heteroatoms. The number of esters is 1. The monoisotopic (exact) mass is 513 g/mol. The summed E-state index contributed by atoms with van der Waals surface area (Å²) < 4.78 is 12.4. The first-order valence-electron chi connectivity index (χ1n) is 12.7. The van der Waals surface area contributed by atoms with Crippen LogP contribution in [0.5, 0.6) is 0 Å². The van der Waals surface area contributed by atoms with E-state index in [0.29, 0.717) is 55.9 Å². The molecule has 1 atom stereocenters. The number of nitrogens with zero attached hydrogens (tertiary/aromatic N) is 3. The molecule has 1 saturated heterocycles. The van der Waals surface area contributed by atoms with Gasteiger partial charge in [-0.3, -0.25) is 9.78 Å². The summed E-state index contributed by atoms with van der Waals surface area (Å²) in [6.07, 6.45) is 3.05. The van der Waals surface area contributed by atoms with E-state index in [2.05, 4.69) is 15.6 Å². The lowest BCUT2D eigenvalue weighted by atomic mass is 10.1. The minimum atomic E-state index is -0.535. The highest BCUT2D eigenvalue weighted by atomic mass is 16.5. The lowest BCUT2D eigenvalue weighted by Crippen LogP contribution is -2.24. The molecular formula is C29H31N5O4. The molecule has 3 aromatic heterocycles. The zero-order valence-corrected chi connectivity index (χ0v) is 21.6. The molecule has 38 heavy (non-hydrogen) atoms. The molecule has 1 fully saturated rings. The molecule has 196 valence electrons. The fourth-order valence-electron chi connectivity index (χ4n) is 4.72. The number of hydrogen-bond donors (Lipinski definition) is 2. The molecule has 1 amide bonds. The third-order valence-electron chi connectivity index (χ3n) is 6.71. The average Bonchev–Trinajstić information content (AvgIpc) is 3.58. The van der Waals surface area contributed by atoms with Crippen molar-refractivity contribution in [3.8, 4) is 0 Å². The lowest BCUT2D eigenvalue weighted by Gasteiger charge is -2.12. The van der Waals surface area contributed by atoms with Crippen molar-refractivity contribution in [3.63, 3.8) is 0 Å². The molecule has 0 saturated carbocycles. The fraction of sp³-hybridized carbons (Fsp3) is 0.310. The lowest BCUT2D eigenvalue weighted by molar-refractivity contribution is -0.119. The van der Waals surface area contributed by atoms with Gasteiger partial charge in [0.1, 0.15) is 5.65 Å². The largest absolute Gasteiger partial charge is 0.464 e. The second kappa shape index (κ2) is 11.4. The summed E-state index contributed by atoms with van der Waals surface area (Å²) in [5, 5.41) is 7.04. The number of fused-ring (bicyclic) bond motifs is 1. The molecule has 0 spiro atoms. The Hall–Kier alpha value is -4.24. The smallest absolute Gasteiger partial charge is 0.356 e. The van der Waals surface area contributed by atoms with E-state index in [1.807, 2.05) is 66.1 Å². The second-order valence-electron chi connectivity index (χ2n) is 9.37. The molecule has 9 nitrogen and oxygen atoms in total. The summed E-state index contributed by atoms with van der Waals surface area (Å²) in [7, 11) is 1.34. The number of aromatic nitrogens is 3. The van der Waals surface area contributed by atoms with Crippen LogP contribution in [0.4, 0.5) is 11.4 Å². The number of carbonyl (C=O) groups excluding carboxylic acids is 2. The van der Waals surface area contributed by atoms with Gasteiger partial charge in [-0.2, -0.15) is 0 Å². The number of rotatable bonds is 9. The molecule has 1 aromatic carbocycles. The highest BCUT2D eigenvalue weighted by molar-refractivity contribution is 6.11. The van der Waals surface area contributed by atoms with E-state index < -0.39 is 5.97 Å². The molecular weight excluding hydrogens is 482 g/mol. The van der Waals surface area contributed by atoms with E-state index in [1.165, 1.54) is 7.11 Å². The minimum Gasteiger partial charge on any atom is -0.464 e. The SMILES string of the molecule is COC(=O)c1c(NC(=O)C2CCOC2)c2cc(NCc3cccc(C)n3)cnc2n1CCc1ccccc1. The predicted octanol–water partition coefficient (Wildman–Crippen LogP) is 4.36. The molecule has 0 aliphatic carbocycles. The summed E-state index contributed by atoms with van der Waals surface area (Å²) in [6, 6.07) is 17.8. The third kappa shape index (κ3) is 5.52. The van der Waals surface area contributed by atoms with Crippen molar-refractivity contribution in [2.24, 2.45) is 5.92 Å². The van der Waals surface area contributed by atoms with Crippen molar-refractivity contribution >= 4 is 34.3 Å². The van der Waals surface area contributed by atoms with Gasteiger partial charge in [-0.25, -0.2) is 9.78 Å². The maximum Gasteiger partial charge on any atom is 0.356 e. The Kier molecular flexibility index (Phi) is 7.65. The maximum atomic E-state index is 13.1. The zero-order chi connectivity index (χ0) is 26.5. The van der Waals surface area contributed by atoms with Gasteiger partial charge in [0.25, 0.3) is 0 Å². The molecule has 0 radical (unpaired) electrons. The van der Waals surface area contributed by atoms with Crippen LogP contribution in [0.1, 0.15) is 33.9 Å². The number of methoxy groups -OCH3 is 1. The number of aryl methyl sites for hydroxylation is 3. The van der Waals surface area contributed by atoms with E-state index in [9.17, 15) is 9.59 Å². The van der Waals surface area contributed by atoms with Gasteiger partial charge < -0.3 is 24.7 Å². The molecule has 4 heterocycles. The number of ether oxygens (including phenoxy) is 2. The molecule has 1 unspecified atom stereocenters. The van der Waals surface area contributed by atoms with Crippen LogP contribution in [-0.2, 0) is 33.8 Å². The van der Waals surface area contributed by atoms with E-state index in [1.54, 1.807) is 6.20 Å². The van der Waals surface area contributed by atoms with Crippen molar-refractivity contribution in [1.82, 2.24) is 14.5 Å². The van der Waals surface area contributed by atoms with E-state index in [0.717, 1.165) is 22.6 Å². The van der Waals surface area contributed by atoms with Crippen LogP contribution in [-0.4, -0.2) is 46.7 Å². The normalized spacial score (nSPS) is 14.9. The number of carbonyl (C=O) groups is 2. The fourth-order valence-corrected chi connectivity index (χ4v) is 4.72. The Morgan fingerprint density at radius 3 is 2.74 bits per heavy atom. The number of amides is 1. The Morgan fingerprint density at radius 2 is 2.00 bits per heavy atom. The highest BCUT2D eigenvalue weighted by Gasteiger charge is 2.29. The summed E-state index contributed by atoms with van der Waals surface area (Å²) in [5.41, 5.74) is 4.99. The van der Waals surface area contributed by atoms with Gasteiger partial charge >= 0.3 is 5.97 Å². The molecule has 4 aromatic rings. The number of hydrogen-bond acceptors (Lipinski definition) is 7. The van der Waals surface area contributed by atoms with Crippen LogP contribution in [0, 0.1) is 12.8 Å².